The number of halogens is 2. The molecule has 0 fully saturated rings. The van der Waals surface area contributed by atoms with Crippen molar-refractivity contribution in [1.82, 2.24) is 15.5 Å². The molecule has 0 atom stereocenters. The Labute approximate surface area is 103 Å². The average molecular weight is 253 g/mol. The Hall–Kier alpha value is -1.82. The van der Waals surface area contributed by atoms with Crippen molar-refractivity contribution in [1.29, 1.82) is 0 Å². The van der Waals surface area contributed by atoms with E-state index in [0.717, 1.165) is 12.6 Å². The fourth-order valence-corrected chi connectivity index (χ4v) is 1.53. The summed E-state index contributed by atoms with van der Waals surface area (Å²) >= 11 is 0. The molecule has 1 aromatic heterocycles. The van der Waals surface area contributed by atoms with Crippen molar-refractivity contribution in [2.45, 2.75) is 12.8 Å². The maximum absolute atomic E-state index is 13.4. The van der Waals surface area contributed by atoms with Crippen LogP contribution in [0.25, 0.3) is 0 Å². The summed E-state index contributed by atoms with van der Waals surface area (Å²) in [4.78, 5) is 4.13. The number of aromatic nitrogens is 2. The molecule has 0 radical (unpaired) electrons. The van der Waals surface area contributed by atoms with Crippen LogP contribution in [0.1, 0.15) is 17.3 Å². The number of rotatable bonds is 5. The number of likely N-dealkylation sites (N-methyl/N-ethyl adjacent to an activating group) is 1. The smallest absolute Gasteiger partial charge is 0.227 e. The topological polar surface area (TPSA) is 51.0 Å². The standard InChI is InChI=1S/C12H13F2N3O/c1-15-5-4-12-16-11(17-18-12)6-8-2-3-9(13)7-10(8)14/h2-3,7,15H,4-6H2,1H3. The Bertz CT molecular complexity index is 528. The second-order valence-electron chi connectivity index (χ2n) is 3.87. The summed E-state index contributed by atoms with van der Waals surface area (Å²) in [6.07, 6.45) is 0.810. The fourth-order valence-electron chi connectivity index (χ4n) is 1.53. The first-order valence-corrected chi connectivity index (χ1v) is 5.59. The lowest BCUT2D eigenvalue weighted by Crippen LogP contribution is -2.10. The third-order valence-electron chi connectivity index (χ3n) is 2.46. The largest absolute Gasteiger partial charge is 0.339 e. The van der Waals surface area contributed by atoms with Crippen LogP contribution in [0.3, 0.4) is 0 Å². The molecule has 2 rings (SSSR count). The van der Waals surface area contributed by atoms with Crippen molar-refractivity contribution in [3.05, 3.63) is 47.1 Å². The van der Waals surface area contributed by atoms with Crippen molar-refractivity contribution in [2.24, 2.45) is 0 Å². The van der Waals surface area contributed by atoms with E-state index in [1.807, 2.05) is 7.05 Å². The maximum atomic E-state index is 13.4. The van der Waals surface area contributed by atoms with Gasteiger partial charge in [-0.1, -0.05) is 11.2 Å². The minimum atomic E-state index is -0.600. The van der Waals surface area contributed by atoms with Gasteiger partial charge in [0, 0.05) is 25.5 Å². The SMILES string of the molecule is CNCCc1nc(Cc2ccc(F)cc2F)no1. The van der Waals surface area contributed by atoms with Gasteiger partial charge in [-0.25, -0.2) is 8.78 Å². The second-order valence-corrected chi connectivity index (χ2v) is 3.87. The van der Waals surface area contributed by atoms with Crippen molar-refractivity contribution < 1.29 is 13.3 Å². The van der Waals surface area contributed by atoms with E-state index < -0.39 is 11.6 Å². The Balaban J connectivity index is 2.06. The molecule has 0 aliphatic heterocycles. The molecule has 0 saturated carbocycles. The van der Waals surface area contributed by atoms with Crippen LogP contribution in [0, 0.1) is 11.6 Å². The van der Waals surface area contributed by atoms with Gasteiger partial charge in [0.15, 0.2) is 5.82 Å². The molecule has 6 heteroatoms. The second kappa shape index (κ2) is 5.68. The molecule has 1 heterocycles. The van der Waals surface area contributed by atoms with E-state index in [-0.39, 0.29) is 6.42 Å². The van der Waals surface area contributed by atoms with Crippen molar-refractivity contribution in [3.8, 4) is 0 Å². The summed E-state index contributed by atoms with van der Waals surface area (Å²) in [5.41, 5.74) is 0.345. The predicted molar refractivity (Wildman–Crippen MR) is 61.1 cm³/mol. The molecule has 4 nitrogen and oxygen atoms in total. The number of hydrogen-bond acceptors (Lipinski definition) is 4. The number of nitrogens with zero attached hydrogens (tertiary/aromatic N) is 2. The summed E-state index contributed by atoms with van der Waals surface area (Å²) in [6.45, 7) is 0.729. The quantitative estimate of drug-likeness (QED) is 0.881. The van der Waals surface area contributed by atoms with Crippen molar-refractivity contribution in [2.75, 3.05) is 13.6 Å². The van der Waals surface area contributed by atoms with Crippen LogP contribution in [-0.4, -0.2) is 23.7 Å². The lowest BCUT2D eigenvalue weighted by atomic mass is 10.1. The van der Waals surface area contributed by atoms with Crippen LogP contribution in [0.15, 0.2) is 22.7 Å². The first-order chi connectivity index (χ1) is 8.69. The van der Waals surface area contributed by atoms with E-state index in [1.165, 1.54) is 12.1 Å². The molecule has 0 unspecified atom stereocenters. The number of benzene rings is 1. The Morgan fingerprint density at radius 1 is 1.33 bits per heavy atom. The van der Waals surface area contributed by atoms with Gasteiger partial charge in [0.05, 0.1) is 0 Å². The fraction of sp³-hybridized carbons (Fsp3) is 0.333. The molecule has 96 valence electrons. The highest BCUT2D eigenvalue weighted by Crippen LogP contribution is 2.13. The van der Waals surface area contributed by atoms with Crippen LogP contribution < -0.4 is 5.32 Å². The van der Waals surface area contributed by atoms with E-state index in [9.17, 15) is 8.78 Å². The molecule has 1 N–H and O–H groups in total. The zero-order chi connectivity index (χ0) is 13.0. The van der Waals surface area contributed by atoms with Gasteiger partial charge in [0.1, 0.15) is 11.6 Å². The molecule has 0 saturated heterocycles. The summed E-state index contributed by atoms with van der Waals surface area (Å²) in [6, 6.07) is 3.44. The third-order valence-corrected chi connectivity index (χ3v) is 2.46. The predicted octanol–water partition coefficient (Wildman–Crippen LogP) is 1.70. The van der Waals surface area contributed by atoms with Crippen LogP contribution in [0.4, 0.5) is 8.78 Å². The van der Waals surface area contributed by atoms with Gasteiger partial charge in [-0.3, -0.25) is 0 Å². The third kappa shape index (κ3) is 3.10. The lowest BCUT2D eigenvalue weighted by molar-refractivity contribution is 0.372. The molecule has 2 aromatic rings. The van der Waals surface area contributed by atoms with Crippen molar-refractivity contribution >= 4 is 0 Å². The summed E-state index contributed by atoms with van der Waals surface area (Å²) in [5.74, 6) is -0.302. The Morgan fingerprint density at radius 2 is 2.17 bits per heavy atom. The number of hydrogen-bond donors (Lipinski definition) is 1. The van der Waals surface area contributed by atoms with Gasteiger partial charge >= 0.3 is 0 Å². The molecular weight excluding hydrogens is 240 g/mol. The first kappa shape index (κ1) is 12.6. The normalized spacial score (nSPS) is 10.8. The zero-order valence-corrected chi connectivity index (χ0v) is 9.91. The lowest BCUT2D eigenvalue weighted by Gasteiger charge is -1.99. The average Bonchev–Trinajstić information content (AvgIpc) is 2.78. The van der Waals surface area contributed by atoms with Gasteiger partial charge in [-0.05, 0) is 18.7 Å². The zero-order valence-electron chi connectivity index (χ0n) is 9.91. The molecule has 0 amide bonds. The highest BCUT2D eigenvalue weighted by atomic mass is 19.1. The van der Waals surface area contributed by atoms with E-state index in [1.54, 1.807) is 0 Å². The molecule has 0 bridgehead atoms. The van der Waals surface area contributed by atoms with Crippen LogP contribution in [0.2, 0.25) is 0 Å². The molecule has 0 aliphatic carbocycles. The van der Waals surface area contributed by atoms with Gasteiger partial charge < -0.3 is 9.84 Å². The minimum absolute atomic E-state index is 0.190. The summed E-state index contributed by atoms with van der Waals surface area (Å²) in [5, 5.41) is 6.71. The first-order valence-electron chi connectivity index (χ1n) is 5.59. The summed E-state index contributed by atoms with van der Waals surface area (Å²) < 4.78 is 31.1. The van der Waals surface area contributed by atoms with E-state index in [2.05, 4.69) is 15.5 Å². The molecule has 0 spiro atoms. The number of nitrogens with one attached hydrogen (secondary N) is 1. The molecule has 18 heavy (non-hydrogen) atoms. The van der Waals surface area contributed by atoms with Crippen LogP contribution >= 0.6 is 0 Å². The van der Waals surface area contributed by atoms with Crippen LogP contribution in [0.5, 0.6) is 0 Å². The van der Waals surface area contributed by atoms with E-state index >= 15 is 0 Å². The van der Waals surface area contributed by atoms with Gasteiger partial charge in [-0.2, -0.15) is 4.98 Å². The van der Waals surface area contributed by atoms with E-state index in [0.29, 0.717) is 23.7 Å². The highest BCUT2D eigenvalue weighted by molar-refractivity contribution is 5.21. The molecular formula is C12H13F2N3O. The van der Waals surface area contributed by atoms with Gasteiger partial charge in [0.2, 0.25) is 5.89 Å². The monoisotopic (exact) mass is 253 g/mol. The van der Waals surface area contributed by atoms with Gasteiger partial charge in [0.25, 0.3) is 0 Å². The molecule has 1 aromatic carbocycles. The maximum Gasteiger partial charge on any atom is 0.227 e. The highest BCUT2D eigenvalue weighted by Gasteiger charge is 2.10. The van der Waals surface area contributed by atoms with Gasteiger partial charge in [-0.15, -0.1) is 0 Å². The summed E-state index contributed by atoms with van der Waals surface area (Å²) in [7, 11) is 1.82. The van der Waals surface area contributed by atoms with Crippen LogP contribution in [-0.2, 0) is 12.8 Å². The Kier molecular flexibility index (Phi) is 3.99. The molecule has 0 aliphatic rings. The van der Waals surface area contributed by atoms with E-state index in [4.69, 9.17) is 4.52 Å². The van der Waals surface area contributed by atoms with Crippen molar-refractivity contribution in [3.63, 3.8) is 0 Å². The Morgan fingerprint density at radius 3 is 2.89 bits per heavy atom. The minimum Gasteiger partial charge on any atom is -0.339 e.